The third kappa shape index (κ3) is 7.80. The van der Waals surface area contributed by atoms with Crippen LogP contribution in [-0.2, 0) is 25.7 Å². The van der Waals surface area contributed by atoms with Crippen LogP contribution < -0.4 is 11.1 Å². The average molecular weight is 348 g/mol. The molecule has 7 heteroatoms. The zero-order chi connectivity index (χ0) is 18.8. The Bertz CT molecular complexity index is 575. The number of hydrogen-bond donors (Lipinski definition) is 1. The molecule has 0 saturated heterocycles. The minimum atomic E-state index is -1.23. The first-order valence-electron chi connectivity index (χ1n) is 8.24. The molecule has 2 amide bonds. The molecule has 1 unspecified atom stereocenters. The topological polar surface area (TPSA) is 99.5 Å². The maximum absolute atomic E-state index is 11.8. The Morgan fingerprint density at radius 3 is 2.44 bits per heavy atom. The first kappa shape index (κ1) is 20.6. The van der Waals surface area contributed by atoms with E-state index in [1.54, 1.807) is 20.9 Å². The monoisotopic (exact) mass is 348 g/mol. The minimum Gasteiger partial charge on any atom is -0.461 e. The first-order chi connectivity index (χ1) is 11.8. The number of rotatable bonds is 9. The van der Waals surface area contributed by atoms with Gasteiger partial charge in [0.2, 0.25) is 11.8 Å². The van der Waals surface area contributed by atoms with Gasteiger partial charge >= 0.3 is 5.97 Å². The van der Waals surface area contributed by atoms with E-state index in [1.165, 1.54) is 4.90 Å². The summed E-state index contributed by atoms with van der Waals surface area (Å²) in [4.78, 5) is 36.8. The van der Waals surface area contributed by atoms with Crippen LogP contribution in [0.2, 0.25) is 0 Å². The lowest BCUT2D eigenvalue weighted by atomic mass is 10.2. The van der Waals surface area contributed by atoms with Gasteiger partial charge in [0.05, 0.1) is 6.42 Å². The van der Waals surface area contributed by atoms with Crippen molar-refractivity contribution in [2.24, 2.45) is 5.92 Å². The van der Waals surface area contributed by atoms with Gasteiger partial charge in [-0.1, -0.05) is 44.2 Å². The van der Waals surface area contributed by atoms with Gasteiger partial charge in [0.15, 0.2) is 0 Å². The second-order valence-electron chi connectivity index (χ2n) is 6.11. The molecule has 137 valence electrons. The maximum atomic E-state index is 11.8. The summed E-state index contributed by atoms with van der Waals surface area (Å²) in [5.41, 5.74) is 8.58. The van der Waals surface area contributed by atoms with E-state index in [9.17, 15) is 14.4 Å². The van der Waals surface area contributed by atoms with Crippen molar-refractivity contribution in [2.45, 2.75) is 32.9 Å². The van der Waals surface area contributed by atoms with Crippen molar-refractivity contribution in [1.82, 2.24) is 16.0 Å². The molecule has 0 aliphatic heterocycles. The third-order valence-corrected chi connectivity index (χ3v) is 3.55. The largest absolute Gasteiger partial charge is 0.461 e. The van der Waals surface area contributed by atoms with Crippen LogP contribution in [0.1, 0.15) is 25.8 Å². The zero-order valence-corrected chi connectivity index (χ0v) is 15.0. The molecule has 0 bridgehead atoms. The molecule has 0 spiro atoms. The Morgan fingerprint density at radius 2 is 1.84 bits per heavy atom. The van der Waals surface area contributed by atoms with E-state index in [0.29, 0.717) is 6.54 Å². The fourth-order valence-electron chi connectivity index (χ4n) is 2.08. The molecule has 25 heavy (non-hydrogen) atoms. The van der Waals surface area contributed by atoms with Crippen molar-refractivity contribution in [1.29, 1.82) is 0 Å². The van der Waals surface area contributed by atoms with Gasteiger partial charge in [-0.3, -0.25) is 14.4 Å². The third-order valence-electron chi connectivity index (χ3n) is 3.55. The molecule has 0 heterocycles. The Labute approximate surface area is 148 Å². The van der Waals surface area contributed by atoms with E-state index in [4.69, 9.17) is 10.5 Å². The van der Waals surface area contributed by atoms with Gasteiger partial charge in [-0.2, -0.15) is 0 Å². The number of likely N-dealkylation sites (N-methyl/N-ethyl adjacent to an activating group) is 1. The molecule has 1 rings (SSSR count). The summed E-state index contributed by atoms with van der Waals surface area (Å²) in [6.45, 7) is 4.32. The van der Waals surface area contributed by atoms with Crippen LogP contribution in [0.5, 0.6) is 0 Å². The number of carbonyl (C=O) groups is 3. The molecule has 2 N–H and O–H groups in total. The van der Waals surface area contributed by atoms with Gasteiger partial charge in [0.25, 0.3) is 0 Å². The normalized spacial score (nSPS) is 11.7. The van der Waals surface area contributed by atoms with E-state index in [1.807, 2.05) is 30.3 Å². The van der Waals surface area contributed by atoms with Crippen LogP contribution in [0, 0.1) is 5.92 Å². The average Bonchev–Trinajstić information content (AvgIpc) is 2.59. The number of benzene rings is 1. The molecule has 1 aromatic rings. The highest BCUT2D eigenvalue weighted by Gasteiger charge is 2.19. The molecule has 0 saturated carbocycles. The van der Waals surface area contributed by atoms with Crippen molar-refractivity contribution in [3.05, 3.63) is 35.9 Å². The van der Waals surface area contributed by atoms with Gasteiger partial charge in [-0.05, 0) is 5.56 Å². The smallest absolute Gasteiger partial charge is 0.308 e. The second-order valence-corrected chi connectivity index (χ2v) is 6.11. The second kappa shape index (κ2) is 10.5. The van der Waals surface area contributed by atoms with Gasteiger partial charge in [-0.15, -0.1) is 0 Å². The van der Waals surface area contributed by atoms with Crippen molar-refractivity contribution in [2.75, 3.05) is 20.1 Å². The quantitative estimate of drug-likeness (QED) is 0.673. The summed E-state index contributed by atoms with van der Waals surface area (Å²) in [6.07, 6.45) is -0.306. The number of amides is 2. The highest BCUT2D eigenvalue weighted by atomic mass is 16.5. The van der Waals surface area contributed by atoms with Crippen molar-refractivity contribution < 1.29 is 19.1 Å². The number of carbonyl (C=O) groups excluding carboxylic acids is 3. The predicted octanol–water partition coefficient (Wildman–Crippen LogP) is 1.00. The summed E-state index contributed by atoms with van der Waals surface area (Å²) >= 11 is 0. The molecule has 0 aliphatic rings. The highest BCUT2D eigenvalue weighted by Crippen LogP contribution is 2.03. The fourth-order valence-corrected chi connectivity index (χ4v) is 2.08. The van der Waals surface area contributed by atoms with Crippen LogP contribution in [0.4, 0.5) is 0 Å². The highest BCUT2D eigenvalue weighted by molar-refractivity contribution is 5.86. The van der Waals surface area contributed by atoms with Crippen LogP contribution >= 0.6 is 0 Å². The molecular weight excluding hydrogens is 322 g/mol. The zero-order valence-electron chi connectivity index (χ0n) is 15.0. The summed E-state index contributed by atoms with van der Waals surface area (Å²) in [5, 5.41) is 2.56. The van der Waals surface area contributed by atoms with E-state index < -0.39 is 17.9 Å². The number of nitrogens with zero attached hydrogens (tertiary/aromatic N) is 1. The van der Waals surface area contributed by atoms with Crippen LogP contribution in [0.25, 0.3) is 0 Å². The number of nitrogens with one attached hydrogen (secondary N) is 2. The Hall–Kier alpha value is -2.41. The Kier molecular flexibility index (Phi) is 8.63. The maximum Gasteiger partial charge on any atom is 0.308 e. The van der Waals surface area contributed by atoms with Gasteiger partial charge < -0.3 is 15.0 Å². The SMILES string of the molecule is CC(C)C(=O)N(C)CCNC(=O)C([NH])CC(=O)OCc1ccccc1. The number of ether oxygens (including phenoxy) is 1. The van der Waals surface area contributed by atoms with Crippen LogP contribution in [0.3, 0.4) is 0 Å². The van der Waals surface area contributed by atoms with E-state index in [-0.39, 0.29) is 31.4 Å². The minimum absolute atomic E-state index is 0.0128. The van der Waals surface area contributed by atoms with Gasteiger partial charge in [0, 0.05) is 26.1 Å². The molecule has 1 aromatic carbocycles. The lowest BCUT2D eigenvalue weighted by Crippen LogP contribution is -2.42. The molecule has 0 fully saturated rings. The number of hydrogen-bond acceptors (Lipinski definition) is 4. The molecule has 1 atom stereocenters. The fraction of sp³-hybridized carbons (Fsp3) is 0.500. The van der Waals surface area contributed by atoms with Crippen molar-refractivity contribution >= 4 is 17.8 Å². The summed E-state index contributed by atoms with van der Waals surface area (Å²) < 4.78 is 5.06. The molecule has 1 radical (unpaired) electrons. The Morgan fingerprint density at radius 1 is 1.20 bits per heavy atom. The molecular formula is C18H26N3O4. The number of esters is 1. The van der Waals surface area contributed by atoms with Crippen LogP contribution in [-0.4, -0.2) is 48.9 Å². The molecule has 7 nitrogen and oxygen atoms in total. The van der Waals surface area contributed by atoms with E-state index in [0.717, 1.165) is 5.56 Å². The van der Waals surface area contributed by atoms with E-state index in [2.05, 4.69) is 5.32 Å². The molecule has 0 aliphatic carbocycles. The standard InChI is InChI=1S/C18H26N3O4/c1-13(2)18(24)21(3)10-9-20-17(23)15(19)11-16(22)25-12-14-7-5-4-6-8-14/h4-8,13,15,19H,9-12H2,1-3H3,(H,20,23). The van der Waals surface area contributed by atoms with E-state index >= 15 is 0 Å². The first-order valence-corrected chi connectivity index (χ1v) is 8.24. The summed E-state index contributed by atoms with van der Waals surface area (Å²) in [6, 6.07) is 7.96. The predicted molar refractivity (Wildman–Crippen MR) is 93.2 cm³/mol. The summed E-state index contributed by atoms with van der Waals surface area (Å²) in [5.74, 6) is -1.27. The lowest BCUT2D eigenvalue weighted by molar-refractivity contribution is -0.146. The summed E-state index contributed by atoms with van der Waals surface area (Å²) in [7, 11) is 1.66. The van der Waals surface area contributed by atoms with Gasteiger partial charge in [0.1, 0.15) is 12.6 Å². The van der Waals surface area contributed by atoms with Crippen molar-refractivity contribution in [3.63, 3.8) is 0 Å². The van der Waals surface area contributed by atoms with Crippen LogP contribution in [0.15, 0.2) is 30.3 Å². The lowest BCUT2D eigenvalue weighted by Gasteiger charge is -2.20. The van der Waals surface area contributed by atoms with Gasteiger partial charge in [-0.25, -0.2) is 5.73 Å². The van der Waals surface area contributed by atoms with Crippen molar-refractivity contribution in [3.8, 4) is 0 Å². The molecule has 0 aromatic heterocycles. The Balaban J connectivity index is 2.27.